The van der Waals surface area contributed by atoms with E-state index in [1.165, 1.54) is 7.11 Å². The topological polar surface area (TPSA) is 26.3 Å². The number of hydrogen-bond acceptors (Lipinski definition) is 2. The molecule has 2 aliphatic rings. The predicted molar refractivity (Wildman–Crippen MR) is 69.0 cm³/mol. The molecule has 1 unspecified atom stereocenters. The van der Waals surface area contributed by atoms with Crippen LogP contribution in [0, 0.1) is 23.7 Å². The number of rotatable bonds is 2. The van der Waals surface area contributed by atoms with Gasteiger partial charge in [-0.3, -0.25) is 4.79 Å². The molecule has 0 N–H and O–H groups in total. The van der Waals surface area contributed by atoms with E-state index in [9.17, 15) is 18.0 Å². The molecule has 0 heterocycles. The van der Waals surface area contributed by atoms with Gasteiger partial charge in [-0.2, -0.15) is 13.2 Å². The van der Waals surface area contributed by atoms with E-state index in [2.05, 4.69) is 0 Å². The predicted octanol–water partition coefficient (Wildman–Crippen LogP) is 4.33. The molecule has 0 aromatic carbocycles. The maximum absolute atomic E-state index is 12.7. The lowest BCUT2D eigenvalue weighted by molar-refractivity contribution is -0.186. The largest absolute Gasteiger partial charge is 0.469 e. The summed E-state index contributed by atoms with van der Waals surface area (Å²) in [5.74, 6) is -0.920. The smallest absolute Gasteiger partial charge is 0.391 e. The Balaban J connectivity index is 1.95. The molecule has 20 heavy (non-hydrogen) atoms. The molecular formula is C15H23F3O2. The Labute approximate surface area is 118 Å². The Bertz CT molecular complexity index is 333. The molecule has 2 fully saturated rings. The number of halogens is 3. The Morgan fingerprint density at radius 3 is 2.15 bits per heavy atom. The van der Waals surface area contributed by atoms with Gasteiger partial charge in [-0.1, -0.05) is 12.8 Å². The fourth-order valence-electron chi connectivity index (χ4n) is 4.04. The average Bonchev–Trinajstić information content (AvgIpc) is 2.45. The molecule has 0 aliphatic heterocycles. The molecule has 2 nitrogen and oxygen atoms in total. The van der Waals surface area contributed by atoms with Crippen LogP contribution in [-0.4, -0.2) is 19.3 Å². The second-order valence-corrected chi connectivity index (χ2v) is 6.23. The van der Waals surface area contributed by atoms with Crippen molar-refractivity contribution in [1.29, 1.82) is 0 Å². The molecule has 116 valence electrons. The maximum atomic E-state index is 12.7. The van der Waals surface area contributed by atoms with Gasteiger partial charge in [0, 0.05) is 0 Å². The first kappa shape index (κ1) is 15.6. The summed E-state index contributed by atoms with van der Waals surface area (Å²) in [5, 5.41) is 0. The minimum absolute atomic E-state index is 0.0961. The van der Waals surface area contributed by atoms with E-state index in [-0.39, 0.29) is 36.6 Å². The van der Waals surface area contributed by atoms with Crippen LogP contribution in [0.3, 0.4) is 0 Å². The van der Waals surface area contributed by atoms with Crippen LogP contribution in [0.15, 0.2) is 0 Å². The van der Waals surface area contributed by atoms with E-state index in [0.29, 0.717) is 12.8 Å². The van der Waals surface area contributed by atoms with Gasteiger partial charge in [0.2, 0.25) is 0 Å². The Hall–Kier alpha value is -0.740. The zero-order valence-corrected chi connectivity index (χ0v) is 11.9. The van der Waals surface area contributed by atoms with Crippen LogP contribution in [-0.2, 0) is 9.53 Å². The number of esters is 1. The monoisotopic (exact) mass is 292 g/mol. The van der Waals surface area contributed by atoms with Gasteiger partial charge in [-0.05, 0) is 50.4 Å². The summed E-state index contributed by atoms with van der Waals surface area (Å²) in [6.45, 7) is 0. The van der Waals surface area contributed by atoms with Crippen molar-refractivity contribution in [3.05, 3.63) is 0 Å². The number of ether oxygens (including phenoxy) is 1. The number of hydrogen-bond donors (Lipinski definition) is 0. The van der Waals surface area contributed by atoms with E-state index >= 15 is 0 Å². The first-order valence-corrected chi connectivity index (χ1v) is 7.58. The molecule has 2 atom stereocenters. The first-order chi connectivity index (χ1) is 9.43. The molecular weight excluding hydrogens is 269 g/mol. The van der Waals surface area contributed by atoms with E-state index in [4.69, 9.17) is 4.74 Å². The van der Waals surface area contributed by atoms with Gasteiger partial charge < -0.3 is 4.74 Å². The summed E-state index contributed by atoms with van der Waals surface area (Å²) < 4.78 is 43.0. The lowest BCUT2D eigenvalue weighted by atomic mass is 9.66. The van der Waals surface area contributed by atoms with Gasteiger partial charge >= 0.3 is 12.1 Å². The van der Waals surface area contributed by atoms with E-state index in [1.54, 1.807) is 0 Å². The number of methoxy groups -OCH3 is 1. The fourth-order valence-corrected chi connectivity index (χ4v) is 4.04. The van der Waals surface area contributed by atoms with Gasteiger partial charge in [0.25, 0.3) is 0 Å². The lowest BCUT2D eigenvalue weighted by Crippen LogP contribution is -2.36. The van der Waals surface area contributed by atoms with Crippen LogP contribution in [0.5, 0.6) is 0 Å². The number of carbonyl (C=O) groups is 1. The van der Waals surface area contributed by atoms with Crippen LogP contribution in [0.4, 0.5) is 13.2 Å². The van der Waals surface area contributed by atoms with Crippen molar-refractivity contribution >= 4 is 5.97 Å². The zero-order chi connectivity index (χ0) is 14.8. The molecule has 0 saturated heterocycles. The third kappa shape index (κ3) is 3.47. The van der Waals surface area contributed by atoms with Crippen molar-refractivity contribution in [3.8, 4) is 0 Å². The molecule has 5 heteroatoms. The van der Waals surface area contributed by atoms with Crippen LogP contribution < -0.4 is 0 Å². The Morgan fingerprint density at radius 2 is 1.60 bits per heavy atom. The van der Waals surface area contributed by atoms with Gasteiger partial charge in [0.05, 0.1) is 18.9 Å². The van der Waals surface area contributed by atoms with E-state index in [0.717, 1.165) is 25.7 Å². The number of carbonyl (C=O) groups excluding carboxylic acids is 1. The highest BCUT2D eigenvalue weighted by atomic mass is 19.4. The lowest BCUT2D eigenvalue weighted by Gasteiger charge is -2.39. The summed E-state index contributed by atoms with van der Waals surface area (Å²) in [6.07, 6.45) is 1.48. The molecule has 2 saturated carbocycles. The maximum Gasteiger partial charge on any atom is 0.391 e. The van der Waals surface area contributed by atoms with Crippen LogP contribution in [0.1, 0.15) is 51.4 Å². The SMILES string of the molecule is COC(=O)[C@@H]1CCCCC1C1CCC(C(F)(F)F)CC1. The second-order valence-electron chi connectivity index (χ2n) is 6.23. The van der Waals surface area contributed by atoms with Crippen molar-refractivity contribution in [2.75, 3.05) is 7.11 Å². The Morgan fingerprint density at radius 1 is 1.00 bits per heavy atom. The van der Waals surface area contributed by atoms with Crippen molar-refractivity contribution in [2.45, 2.75) is 57.5 Å². The van der Waals surface area contributed by atoms with E-state index < -0.39 is 12.1 Å². The van der Waals surface area contributed by atoms with Crippen LogP contribution >= 0.6 is 0 Å². The average molecular weight is 292 g/mol. The highest BCUT2D eigenvalue weighted by molar-refractivity contribution is 5.72. The third-order valence-corrected chi connectivity index (χ3v) is 5.16. The summed E-state index contributed by atoms with van der Waals surface area (Å²) >= 11 is 0. The molecule has 0 amide bonds. The van der Waals surface area contributed by atoms with Crippen molar-refractivity contribution < 1.29 is 22.7 Å². The van der Waals surface area contributed by atoms with Crippen molar-refractivity contribution in [3.63, 3.8) is 0 Å². The highest BCUT2D eigenvalue weighted by Crippen LogP contribution is 2.46. The summed E-state index contributed by atoms with van der Waals surface area (Å²) in [4.78, 5) is 11.8. The summed E-state index contributed by atoms with van der Waals surface area (Å²) in [7, 11) is 1.40. The van der Waals surface area contributed by atoms with Crippen molar-refractivity contribution in [1.82, 2.24) is 0 Å². The standard InChI is InChI=1S/C15H23F3O2/c1-20-14(19)13-5-3-2-4-12(13)10-6-8-11(9-7-10)15(16,17)18/h10-13H,2-9H2,1H3/t10?,11?,12?,13-/m1/s1. The molecule has 0 aromatic heterocycles. The minimum atomic E-state index is -4.06. The third-order valence-electron chi connectivity index (χ3n) is 5.16. The van der Waals surface area contributed by atoms with E-state index in [1.807, 2.05) is 0 Å². The van der Waals surface area contributed by atoms with Gasteiger partial charge in [0.15, 0.2) is 0 Å². The highest BCUT2D eigenvalue weighted by Gasteiger charge is 2.44. The van der Waals surface area contributed by atoms with Crippen molar-refractivity contribution in [2.24, 2.45) is 23.7 Å². The molecule has 0 spiro atoms. The first-order valence-electron chi connectivity index (χ1n) is 7.58. The molecule has 0 bridgehead atoms. The Kier molecular flexibility index (Phi) is 4.97. The van der Waals surface area contributed by atoms with Gasteiger partial charge in [0.1, 0.15) is 0 Å². The summed E-state index contributed by atoms with van der Waals surface area (Å²) in [6, 6.07) is 0. The quantitative estimate of drug-likeness (QED) is 0.708. The molecule has 0 radical (unpaired) electrons. The van der Waals surface area contributed by atoms with Crippen LogP contribution in [0.25, 0.3) is 0 Å². The molecule has 2 rings (SSSR count). The van der Waals surface area contributed by atoms with Gasteiger partial charge in [-0.15, -0.1) is 0 Å². The molecule has 0 aromatic rings. The zero-order valence-electron chi connectivity index (χ0n) is 11.9. The van der Waals surface area contributed by atoms with Gasteiger partial charge in [-0.25, -0.2) is 0 Å². The normalized spacial score (nSPS) is 35.6. The summed E-state index contributed by atoms with van der Waals surface area (Å²) in [5.41, 5.74) is 0. The van der Waals surface area contributed by atoms with Crippen LogP contribution in [0.2, 0.25) is 0 Å². The second kappa shape index (κ2) is 6.35. The minimum Gasteiger partial charge on any atom is -0.469 e. The fraction of sp³-hybridized carbons (Fsp3) is 0.933. The number of alkyl halides is 3. The molecule has 2 aliphatic carbocycles.